The maximum absolute atomic E-state index is 11.6. The van der Waals surface area contributed by atoms with E-state index >= 15 is 0 Å². The number of esters is 1. The molecular weight excluding hydrogens is 252 g/mol. The van der Waals surface area contributed by atoms with Crippen molar-refractivity contribution in [2.45, 2.75) is 19.3 Å². The Bertz CT molecular complexity index is 621. The van der Waals surface area contributed by atoms with E-state index in [0.29, 0.717) is 10.9 Å². The molecule has 0 saturated carbocycles. The number of nitrogens with one attached hydrogen (secondary N) is 1. The first-order chi connectivity index (χ1) is 8.66. The molecule has 1 aromatic heterocycles. The van der Waals surface area contributed by atoms with Gasteiger partial charge in [-0.15, -0.1) is 5.10 Å². The number of hydrogen-bond acceptors (Lipinski definition) is 3. The van der Waals surface area contributed by atoms with Crippen LogP contribution >= 0.6 is 11.6 Å². The van der Waals surface area contributed by atoms with Gasteiger partial charge in [0.15, 0.2) is 0 Å². The molecule has 0 fully saturated rings. The van der Waals surface area contributed by atoms with Crippen LogP contribution in [0.5, 0.6) is 5.88 Å². The second kappa shape index (κ2) is 4.14. The number of nitrogens with zero attached hydrogens (tertiary/aromatic N) is 1. The van der Waals surface area contributed by atoms with Crippen LogP contribution in [-0.2, 0) is 4.79 Å². The molecule has 5 heteroatoms. The van der Waals surface area contributed by atoms with Crippen molar-refractivity contribution in [2.24, 2.45) is 0 Å². The lowest BCUT2D eigenvalue weighted by Crippen LogP contribution is -2.21. The summed E-state index contributed by atoms with van der Waals surface area (Å²) in [6.45, 7) is 1.91. The van der Waals surface area contributed by atoms with E-state index in [4.69, 9.17) is 16.3 Å². The predicted octanol–water partition coefficient (Wildman–Crippen LogP) is 2.81. The largest absolute Gasteiger partial charge is 0.405 e. The van der Waals surface area contributed by atoms with Gasteiger partial charge in [0, 0.05) is 22.2 Å². The minimum absolute atomic E-state index is 0.0892. The van der Waals surface area contributed by atoms with Gasteiger partial charge in [0.2, 0.25) is 5.88 Å². The second-order valence-electron chi connectivity index (χ2n) is 4.32. The molecule has 0 aliphatic carbocycles. The van der Waals surface area contributed by atoms with E-state index in [1.807, 2.05) is 31.2 Å². The molecular formula is C13H11ClN2O2. The Morgan fingerprint density at radius 1 is 1.44 bits per heavy atom. The van der Waals surface area contributed by atoms with Gasteiger partial charge in [-0.1, -0.05) is 29.8 Å². The van der Waals surface area contributed by atoms with Gasteiger partial charge in [-0.2, -0.15) is 0 Å². The van der Waals surface area contributed by atoms with Gasteiger partial charge in [-0.05, 0) is 18.6 Å². The lowest BCUT2D eigenvalue weighted by molar-refractivity contribution is -0.135. The Morgan fingerprint density at radius 3 is 3.00 bits per heavy atom. The summed E-state index contributed by atoms with van der Waals surface area (Å²) in [6, 6.07) is 7.54. The quantitative estimate of drug-likeness (QED) is 0.804. The van der Waals surface area contributed by atoms with E-state index in [9.17, 15) is 4.79 Å². The van der Waals surface area contributed by atoms with E-state index in [-0.39, 0.29) is 18.3 Å². The van der Waals surface area contributed by atoms with E-state index in [1.165, 1.54) is 0 Å². The minimum atomic E-state index is -0.279. The Morgan fingerprint density at radius 2 is 2.22 bits per heavy atom. The Hall–Kier alpha value is -1.81. The van der Waals surface area contributed by atoms with Crippen molar-refractivity contribution < 1.29 is 9.53 Å². The molecule has 1 N–H and O–H groups in total. The van der Waals surface area contributed by atoms with Gasteiger partial charge in [0.05, 0.1) is 6.42 Å². The van der Waals surface area contributed by atoms with Gasteiger partial charge in [-0.3, -0.25) is 9.89 Å². The van der Waals surface area contributed by atoms with Crippen molar-refractivity contribution in [1.82, 2.24) is 10.2 Å². The van der Waals surface area contributed by atoms with Crippen LogP contribution in [0, 0.1) is 6.92 Å². The smallest absolute Gasteiger partial charge is 0.313 e. The highest BCUT2D eigenvalue weighted by atomic mass is 35.5. The minimum Gasteiger partial charge on any atom is -0.405 e. The SMILES string of the molecule is Cc1[nH]nc2c1C(c1ccccc1Cl)CC(=O)O2. The summed E-state index contributed by atoms with van der Waals surface area (Å²) in [6.07, 6.45) is 0.289. The number of H-pyrrole nitrogens is 1. The van der Waals surface area contributed by atoms with Crippen molar-refractivity contribution in [2.75, 3.05) is 0 Å². The number of rotatable bonds is 1. The normalized spacial score (nSPS) is 18.3. The van der Waals surface area contributed by atoms with Crippen LogP contribution in [0.2, 0.25) is 5.02 Å². The molecule has 2 aromatic rings. The summed E-state index contributed by atoms with van der Waals surface area (Å²) in [5.74, 6) is 0.00119. The Balaban J connectivity index is 2.16. The fourth-order valence-corrected chi connectivity index (χ4v) is 2.61. The maximum atomic E-state index is 11.6. The zero-order valence-corrected chi connectivity index (χ0v) is 10.5. The van der Waals surface area contributed by atoms with E-state index in [1.54, 1.807) is 0 Å². The molecule has 92 valence electrons. The molecule has 0 radical (unpaired) electrons. The highest BCUT2D eigenvalue weighted by molar-refractivity contribution is 6.31. The highest BCUT2D eigenvalue weighted by Gasteiger charge is 2.33. The van der Waals surface area contributed by atoms with Crippen molar-refractivity contribution in [3.8, 4) is 5.88 Å². The summed E-state index contributed by atoms with van der Waals surface area (Å²) < 4.78 is 5.12. The summed E-state index contributed by atoms with van der Waals surface area (Å²) in [5, 5.41) is 7.51. The number of aromatic nitrogens is 2. The Kier molecular flexibility index (Phi) is 2.59. The number of fused-ring (bicyclic) bond motifs is 1. The molecule has 3 rings (SSSR count). The first-order valence-corrected chi connectivity index (χ1v) is 6.04. The lowest BCUT2D eigenvalue weighted by atomic mass is 9.87. The average Bonchev–Trinajstić information content (AvgIpc) is 2.71. The van der Waals surface area contributed by atoms with Crippen LogP contribution in [0.1, 0.15) is 29.2 Å². The number of benzene rings is 1. The molecule has 0 bridgehead atoms. The summed E-state index contributed by atoms with van der Waals surface area (Å²) in [4.78, 5) is 11.6. The van der Waals surface area contributed by atoms with Crippen LogP contribution in [0.4, 0.5) is 0 Å². The first-order valence-electron chi connectivity index (χ1n) is 5.67. The number of carbonyl (C=O) groups is 1. The van der Waals surface area contributed by atoms with Gasteiger partial charge >= 0.3 is 5.97 Å². The van der Waals surface area contributed by atoms with Gasteiger partial charge in [0.25, 0.3) is 0 Å². The molecule has 1 unspecified atom stereocenters. The van der Waals surface area contributed by atoms with Crippen molar-refractivity contribution in [1.29, 1.82) is 0 Å². The molecule has 2 heterocycles. The van der Waals surface area contributed by atoms with Crippen LogP contribution in [0.15, 0.2) is 24.3 Å². The maximum Gasteiger partial charge on any atom is 0.313 e. The number of hydrogen-bond donors (Lipinski definition) is 1. The number of aryl methyl sites for hydroxylation is 1. The number of ether oxygens (including phenoxy) is 1. The number of aromatic amines is 1. The van der Waals surface area contributed by atoms with Gasteiger partial charge < -0.3 is 4.74 Å². The van der Waals surface area contributed by atoms with Gasteiger partial charge in [-0.25, -0.2) is 0 Å². The van der Waals surface area contributed by atoms with E-state index in [2.05, 4.69) is 10.2 Å². The van der Waals surface area contributed by atoms with Gasteiger partial charge in [0.1, 0.15) is 0 Å². The fraction of sp³-hybridized carbons (Fsp3) is 0.231. The lowest BCUT2D eigenvalue weighted by Gasteiger charge is -2.22. The third kappa shape index (κ3) is 1.69. The second-order valence-corrected chi connectivity index (χ2v) is 4.73. The molecule has 0 amide bonds. The van der Waals surface area contributed by atoms with Crippen LogP contribution in [-0.4, -0.2) is 16.2 Å². The van der Waals surface area contributed by atoms with Crippen LogP contribution in [0.25, 0.3) is 0 Å². The van der Waals surface area contributed by atoms with Crippen molar-refractivity contribution in [3.05, 3.63) is 46.1 Å². The third-order valence-electron chi connectivity index (χ3n) is 3.17. The summed E-state index contributed by atoms with van der Waals surface area (Å²) in [5.41, 5.74) is 2.76. The molecule has 1 aromatic carbocycles. The standard InChI is InChI=1S/C13H11ClN2O2/c1-7-12-9(8-4-2-3-5-10(8)14)6-11(17)18-13(12)16-15-7/h2-5,9H,6H2,1H3,(H,15,16). The molecule has 4 nitrogen and oxygen atoms in total. The highest BCUT2D eigenvalue weighted by Crippen LogP contribution is 2.41. The molecule has 0 spiro atoms. The summed E-state index contributed by atoms with van der Waals surface area (Å²) in [7, 11) is 0. The first kappa shape index (κ1) is 11.3. The molecule has 1 atom stereocenters. The number of carbonyl (C=O) groups excluding carboxylic acids is 1. The average molecular weight is 263 g/mol. The van der Waals surface area contributed by atoms with Crippen molar-refractivity contribution >= 4 is 17.6 Å². The molecule has 0 saturated heterocycles. The van der Waals surface area contributed by atoms with Crippen molar-refractivity contribution in [3.63, 3.8) is 0 Å². The Labute approximate surface area is 109 Å². The van der Waals surface area contributed by atoms with Crippen LogP contribution in [0.3, 0.4) is 0 Å². The third-order valence-corrected chi connectivity index (χ3v) is 3.51. The molecule has 18 heavy (non-hydrogen) atoms. The fourth-order valence-electron chi connectivity index (χ4n) is 2.35. The molecule has 1 aliphatic rings. The summed E-state index contributed by atoms with van der Waals surface area (Å²) >= 11 is 6.21. The number of halogens is 1. The van der Waals surface area contributed by atoms with E-state index < -0.39 is 0 Å². The van der Waals surface area contributed by atoms with E-state index in [0.717, 1.165) is 16.8 Å². The zero-order valence-electron chi connectivity index (χ0n) is 9.74. The zero-order chi connectivity index (χ0) is 12.7. The topological polar surface area (TPSA) is 55.0 Å². The molecule has 1 aliphatic heterocycles. The van der Waals surface area contributed by atoms with Crippen LogP contribution < -0.4 is 4.74 Å². The predicted molar refractivity (Wildman–Crippen MR) is 66.9 cm³/mol. The monoisotopic (exact) mass is 262 g/mol.